The number of benzene rings is 1. The van der Waals surface area contributed by atoms with Gasteiger partial charge in [0.1, 0.15) is 12.3 Å². The number of carbonyl (C=O) groups excluding carboxylic acids is 2. The number of aryl methyl sites for hydroxylation is 2. The number of anilines is 1. The maximum atomic E-state index is 13.1. The zero-order valence-corrected chi connectivity index (χ0v) is 18.5. The van der Waals surface area contributed by atoms with Crippen molar-refractivity contribution in [1.82, 2.24) is 9.88 Å². The number of methoxy groups -OCH3 is 1. The highest BCUT2D eigenvalue weighted by Crippen LogP contribution is 2.25. The van der Waals surface area contributed by atoms with Crippen LogP contribution < -0.4 is 4.90 Å². The Morgan fingerprint density at radius 2 is 1.70 bits per heavy atom. The van der Waals surface area contributed by atoms with E-state index < -0.39 is 5.97 Å². The number of nitrogens with one attached hydrogen (secondary N) is 1. The number of nitrogens with zero attached hydrogens (tertiary/aromatic N) is 2. The number of H-pyrrole nitrogens is 1. The average Bonchev–Trinajstić information content (AvgIpc) is 3.04. The molecule has 0 bridgehead atoms. The minimum Gasteiger partial charge on any atom is -0.460 e. The number of aromatic nitrogens is 1. The second-order valence-corrected chi connectivity index (χ2v) is 7.75. The highest BCUT2D eigenvalue weighted by Gasteiger charge is 2.28. The first kappa shape index (κ1) is 21.9. The smallest absolute Gasteiger partial charge is 0.340 e. The molecule has 1 aromatic carbocycles. The maximum Gasteiger partial charge on any atom is 0.340 e. The van der Waals surface area contributed by atoms with Crippen LogP contribution in [0, 0.1) is 27.7 Å². The summed E-state index contributed by atoms with van der Waals surface area (Å²) >= 11 is 0. The fraction of sp³-hybridized carbons (Fsp3) is 0.478. The summed E-state index contributed by atoms with van der Waals surface area (Å²) in [6, 6.07) is 6.33. The normalized spacial score (nSPS) is 14.2. The Bertz CT molecular complexity index is 927. The van der Waals surface area contributed by atoms with Crippen molar-refractivity contribution in [1.29, 1.82) is 0 Å². The Balaban J connectivity index is 1.69. The van der Waals surface area contributed by atoms with Gasteiger partial charge in [-0.2, -0.15) is 0 Å². The van der Waals surface area contributed by atoms with Crippen molar-refractivity contribution in [2.75, 3.05) is 51.4 Å². The molecule has 0 saturated carbocycles. The molecule has 1 fully saturated rings. The topological polar surface area (TPSA) is 74.9 Å². The van der Waals surface area contributed by atoms with Gasteiger partial charge < -0.3 is 24.3 Å². The molecule has 7 heteroatoms. The molecule has 2 aromatic rings. The lowest BCUT2D eigenvalue weighted by atomic mass is 10.1. The van der Waals surface area contributed by atoms with E-state index in [0.717, 1.165) is 13.1 Å². The lowest BCUT2D eigenvalue weighted by Gasteiger charge is -2.37. The summed E-state index contributed by atoms with van der Waals surface area (Å²) in [4.78, 5) is 32.8. The molecule has 1 amide bonds. The minimum absolute atomic E-state index is 0.0767. The first-order valence-corrected chi connectivity index (χ1v) is 10.3. The molecule has 0 spiro atoms. The van der Waals surface area contributed by atoms with Gasteiger partial charge in [0, 0.05) is 44.7 Å². The van der Waals surface area contributed by atoms with E-state index in [1.54, 1.807) is 21.0 Å². The van der Waals surface area contributed by atoms with Crippen LogP contribution in [0.1, 0.15) is 43.2 Å². The van der Waals surface area contributed by atoms with Crippen LogP contribution in [0.3, 0.4) is 0 Å². The second-order valence-electron chi connectivity index (χ2n) is 7.75. The highest BCUT2D eigenvalue weighted by atomic mass is 16.6. The molecule has 1 aromatic heterocycles. The zero-order chi connectivity index (χ0) is 21.8. The Morgan fingerprint density at radius 3 is 2.37 bits per heavy atom. The third-order valence-electron chi connectivity index (χ3n) is 5.86. The Labute approximate surface area is 178 Å². The van der Waals surface area contributed by atoms with E-state index in [1.165, 1.54) is 16.8 Å². The van der Waals surface area contributed by atoms with Gasteiger partial charge in [-0.15, -0.1) is 0 Å². The number of piperazine rings is 1. The van der Waals surface area contributed by atoms with Gasteiger partial charge in [0.15, 0.2) is 0 Å². The number of amides is 1. The molecule has 0 aliphatic carbocycles. The summed E-state index contributed by atoms with van der Waals surface area (Å²) in [7, 11) is 1.55. The van der Waals surface area contributed by atoms with Gasteiger partial charge >= 0.3 is 5.97 Å². The van der Waals surface area contributed by atoms with Gasteiger partial charge in [0.25, 0.3) is 5.91 Å². The first-order chi connectivity index (χ1) is 14.3. The van der Waals surface area contributed by atoms with Crippen molar-refractivity contribution in [2.45, 2.75) is 27.7 Å². The molecule has 162 valence electrons. The lowest BCUT2D eigenvalue weighted by molar-refractivity contribution is 0.0387. The predicted octanol–water partition coefficient (Wildman–Crippen LogP) is 3.01. The fourth-order valence-corrected chi connectivity index (χ4v) is 3.95. The van der Waals surface area contributed by atoms with Gasteiger partial charge in [0.05, 0.1) is 12.2 Å². The van der Waals surface area contributed by atoms with E-state index >= 15 is 0 Å². The predicted molar refractivity (Wildman–Crippen MR) is 116 cm³/mol. The van der Waals surface area contributed by atoms with Crippen molar-refractivity contribution in [3.05, 3.63) is 51.8 Å². The molecular formula is C23H31N3O4. The molecule has 0 atom stereocenters. The standard InChI is InChI=1S/C23H31N3O4/c1-15-7-6-8-19(16(15)2)25-9-11-26(12-10-25)22(27)21-17(3)20(18(4)24-21)23(28)30-14-13-29-5/h6-8,24H,9-14H2,1-5H3. The van der Waals surface area contributed by atoms with Gasteiger partial charge in [-0.1, -0.05) is 12.1 Å². The van der Waals surface area contributed by atoms with Gasteiger partial charge in [-0.3, -0.25) is 4.79 Å². The average molecular weight is 414 g/mol. The zero-order valence-electron chi connectivity index (χ0n) is 18.5. The molecular weight excluding hydrogens is 382 g/mol. The summed E-state index contributed by atoms with van der Waals surface area (Å²) in [6.07, 6.45) is 0. The molecule has 30 heavy (non-hydrogen) atoms. The van der Waals surface area contributed by atoms with E-state index in [9.17, 15) is 9.59 Å². The SMILES string of the molecule is COCCOC(=O)c1c(C)[nH]c(C(=O)N2CCN(c3cccc(C)c3C)CC2)c1C. The monoisotopic (exact) mass is 413 g/mol. The van der Waals surface area contributed by atoms with E-state index in [0.29, 0.717) is 42.2 Å². The maximum absolute atomic E-state index is 13.1. The largest absolute Gasteiger partial charge is 0.460 e. The van der Waals surface area contributed by atoms with Crippen LogP contribution in [0.25, 0.3) is 0 Å². The van der Waals surface area contributed by atoms with E-state index in [2.05, 4.69) is 41.9 Å². The second kappa shape index (κ2) is 9.34. The summed E-state index contributed by atoms with van der Waals surface area (Å²) in [5, 5.41) is 0. The number of rotatable bonds is 6. The molecule has 2 heterocycles. The molecule has 1 N–H and O–H groups in total. The number of ether oxygens (including phenoxy) is 2. The fourth-order valence-electron chi connectivity index (χ4n) is 3.95. The number of hydrogen-bond acceptors (Lipinski definition) is 5. The van der Waals surface area contributed by atoms with Crippen LogP contribution in [-0.2, 0) is 9.47 Å². The molecule has 1 aliphatic heterocycles. The number of aromatic amines is 1. The number of hydrogen-bond donors (Lipinski definition) is 1. The Hall–Kier alpha value is -2.80. The van der Waals surface area contributed by atoms with Crippen molar-refractivity contribution >= 4 is 17.6 Å². The summed E-state index contributed by atoms with van der Waals surface area (Å²) in [5.74, 6) is -0.510. The van der Waals surface area contributed by atoms with Crippen molar-refractivity contribution in [3.63, 3.8) is 0 Å². The van der Waals surface area contributed by atoms with E-state index in [4.69, 9.17) is 9.47 Å². The molecule has 0 unspecified atom stereocenters. The third kappa shape index (κ3) is 4.36. The summed E-state index contributed by atoms with van der Waals surface area (Å²) < 4.78 is 10.2. The van der Waals surface area contributed by atoms with Crippen molar-refractivity contribution in [3.8, 4) is 0 Å². The Kier molecular flexibility index (Phi) is 6.82. The molecule has 0 radical (unpaired) electrons. The number of carbonyl (C=O) groups is 2. The quantitative estimate of drug-likeness (QED) is 0.582. The van der Waals surface area contributed by atoms with Crippen LogP contribution >= 0.6 is 0 Å². The lowest BCUT2D eigenvalue weighted by Crippen LogP contribution is -2.49. The van der Waals surface area contributed by atoms with Gasteiger partial charge in [-0.25, -0.2) is 4.79 Å². The number of esters is 1. The summed E-state index contributed by atoms with van der Waals surface area (Å²) in [6.45, 7) is 11.2. The molecule has 1 aliphatic rings. The Morgan fingerprint density at radius 1 is 1.00 bits per heavy atom. The van der Waals surface area contributed by atoms with Crippen LogP contribution in [0.15, 0.2) is 18.2 Å². The van der Waals surface area contributed by atoms with Crippen molar-refractivity contribution in [2.24, 2.45) is 0 Å². The molecule has 3 rings (SSSR count). The first-order valence-electron chi connectivity index (χ1n) is 10.3. The molecule has 1 saturated heterocycles. The van der Waals surface area contributed by atoms with E-state index in [-0.39, 0.29) is 12.5 Å². The highest BCUT2D eigenvalue weighted by molar-refractivity contribution is 6.00. The molecule has 7 nitrogen and oxygen atoms in total. The minimum atomic E-state index is -0.433. The van der Waals surface area contributed by atoms with Crippen LogP contribution in [0.5, 0.6) is 0 Å². The van der Waals surface area contributed by atoms with Crippen LogP contribution in [0.4, 0.5) is 5.69 Å². The van der Waals surface area contributed by atoms with Gasteiger partial charge in [0.2, 0.25) is 0 Å². The van der Waals surface area contributed by atoms with E-state index in [1.807, 2.05) is 4.90 Å². The van der Waals surface area contributed by atoms with Crippen LogP contribution in [-0.4, -0.2) is 68.3 Å². The summed E-state index contributed by atoms with van der Waals surface area (Å²) in [5.41, 5.74) is 5.97. The third-order valence-corrected chi connectivity index (χ3v) is 5.86. The van der Waals surface area contributed by atoms with Crippen LogP contribution in [0.2, 0.25) is 0 Å². The van der Waals surface area contributed by atoms with Crippen molar-refractivity contribution < 1.29 is 19.1 Å². The van der Waals surface area contributed by atoms with Gasteiger partial charge in [-0.05, 0) is 50.5 Å².